The summed E-state index contributed by atoms with van der Waals surface area (Å²) in [5.41, 5.74) is 1.20. The highest BCUT2D eigenvalue weighted by molar-refractivity contribution is 5.03. The Balaban J connectivity index is 1.60. The third kappa shape index (κ3) is 3.63. The average molecular weight is 221 g/mol. The van der Waals surface area contributed by atoms with Gasteiger partial charge in [-0.2, -0.15) is 5.10 Å². The van der Waals surface area contributed by atoms with Gasteiger partial charge in [-0.1, -0.05) is 13.8 Å². The van der Waals surface area contributed by atoms with Crippen LogP contribution < -0.4 is 5.32 Å². The number of hydrogen-bond donors (Lipinski definition) is 1. The molecule has 3 nitrogen and oxygen atoms in total. The van der Waals surface area contributed by atoms with E-state index in [0.717, 1.165) is 19.0 Å². The van der Waals surface area contributed by atoms with E-state index in [0.29, 0.717) is 5.92 Å². The molecule has 0 radical (unpaired) electrons. The molecule has 90 valence electrons. The van der Waals surface area contributed by atoms with Crippen molar-refractivity contribution >= 4 is 0 Å². The summed E-state index contributed by atoms with van der Waals surface area (Å²) in [5, 5.41) is 8.05. The van der Waals surface area contributed by atoms with Crippen molar-refractivity contribution in [1.29, 1.82) is 0 Å². The van der Waals surface area contributed by atoms with Crippen LogP contribution in [-0.4, -0.2) is 22.9 Å². The Hall–Kier alpha value is -0.830. The molecular formula is C13H23N3. The first kappa shape index (κ1) is 11.6. The SMILES string of the molecule is CC(C)c1ccn(CCCNCC2CC2)n1. The lowest BCUT2D eigenvalue weighted by Crippen LogP contribution is -2.19. The number of aryl methyl sites for hydroxylation is 1. The van der Waals surface area contributed by atoms with Crippen molar-refractivity contribution in [3.8, 4) is 0 Å². The van der Waals surface area contributed by atoms with E-state index in [4.69, 9.17) is 0 Å². The minimum absolute atomic E-state index is 0.536. The van der Waals surface area contributed by atoms with Gasteiger partial charge in [0.05, 0.1) is 5.69 Å². The van der Waals surface area contributed by atoms with Crippen LogP contribution in [-0.2, 0) is 6.54 Å². The molecule has 0 unspecified atom stereocenters. The number of hydrogen-bond acceptors (Lipinski definition) is 2. The maximum Gasteiger partial charge on any atom is 0.0649 e. The van der Waals surface area contributed by atoms with Gasteiger partial charge in [0.2, 0.25) is 0 Å². The smallest absolute Gasteiger partial charge is 0.0649 e. The molecule has 1 N–H and O–H groups in total. The molecule has 0 aliphatic heterocycles. The number of nitrogens with one attached hydrogen (secondary N) is 1. The second-order valence-electron chi connectivity index (χ2n) is 5.16. The second kappa shape index (κ2) is 5.48. The third-order valence-electron chi connectivity index (χ3n) is 3.12. The Morgan fingerprint density at radius 1 is 1.50 bits per heavy atom. The third-order valence-corrected chi connectivity index (χ3v) is 3.12. The van der Waals surface area contributed by atoms with Gasteiger partial charge in [0.25, 0.3) is 0 Å². The molecule has 16 heavy (non-hydrogen) atoms. The fraction of sp³-hybridized carbons (Fsp3) is 0.769. The number of rotatable bonds is 7. The van der Waals surface area contributed by atoms with Crippen LogP contribution in [0.3, 0.4) is 0 Å². The minimum atomic E-state index is 0.536. The summed E-state index contributed by atoms with van der Waals surface area (Å²) in [6.07, 6.45) is 6.13. The van der Waals surface area contributed by atoms with Crippen molar-refractivity contribution in [2.24, 2.45) is 5.92 Å². The van der Waals surface area contributed by atoms with Gasteiger partial charge in [-0.15, -0.1) is 0 Å². The molecule has 1 aromatic rings. The zero-order chi connectivity index (χ0) is 11.4. The summed E-state index contributed by atoms with van der Waals surface area (Å²) in [7, 11) is 0. The Kier molecular flexibility index (Phi) is 3.99. The molecule has 1 fully saturated rings. The monoisotopic (exact) mass is 221 g/mol. The van der Waals surface area contributed by atoms with Gasteiger partial charge in [-0.25, -0.2) is 0 Å². The van der Waals surface area contributed by atoms with Gasteiger partial charge >= 0.3 is 0 Å². The molecule has 1 saturated carbocycles. The highest BCUT2D eigenvalue weighted by Gasteiger charge is 2.19. The zero-order valence-electron chi connectivity index (χ0n) is 10.4. The van der Waals surface area contributed by atoms with E-state index < -0.39 is 0 Å². The lowest BCUT2D eigenvalue weighted by molar-refractivity contribution is 0.529. The van der Waals surface area contributed by atoms with E-state index in [9.17, 15) is 0 Å². The van der Waals surface area contributed by atoms with Gasteiger partial charge < -0.3 is 5.32 Å². The summed E-state index contributed by atoms with van der Waals surface area (Å²) in [5.74, 6) is 1.52. The first-order chi connectivity index (χ1) is 7.75. The van der Waals surface area contributed by atoms with Crippen LogP contribution in [0, 0.1) is 5.92 Å². The van der Waals surface area contributed by atoms with E-state index in [1.807, 2.05) is 0 Å². The highest BCUT2D eigenvalue weighted by atomic mass is 15.3. The van der Waals surface area contributed by atoms with Crippen molar-refractivity contribution in [2.45, 2.75) is 45.6 Å². The van der Waals surface area contributed by atoms with Crippen LogP contribution in [0.5, 0.6) is 0 Å². The van der Waals surface area contributed by atoms with Crippen molar-refractivity contribution in [1.82, 2.24) is 15.1 Å². The van der Waals surface area contributed by atoms with Gasteiger partial charge in [0.15, 0.2) is 0 Å². The maximum atomic E-state index is 4.54. The minimum Gasteiger partial charge on any atom is -0.316 e. The maximum absolute atomic E-state index is 4.54. The first-order valence-electron chi connectivity index (χ1n) is 6.50. The molecule has 2 rings (SSSR count). The Labute approximate surface area is 98.2 Å². The Bertz CT molecular complexity index is 313. The summed E-state index contributed by atoms with van der Waals surface area (Å²) >= 11 is 0. The molecule has 0 saturated heterocycles. The fourth-order valence-corrected chi connectivity index (χ4v) is 1.80. The van der Waals surface area contributed by atoms with Crippen LogP contribution in [0.1, 0.15) is 44.7 Å². The average Bonchev–Trinajstić information content (AvgIpc) is 2.94. The van der Waals surface area contributed by atoms with Gasteiger partial charge in [0.1, 0.15) is 0 Å². The summed E-state index contributed by atoms with van der Waals surface area (Å²) < 4.78 is 2.06. The predicted molar refractivity (Wildman–Crippen MR) is 66.5 cm³/mol. The zero-order valence-corrected chi connectivity index (χ0v) is 10.4. The van der Waals surface area contributed by atoms with Crippen LogP contribution in [0.2, 0.25) is 0 Å². The quantitative estimate of drug-likeness (QED) is 0.717. The van der Waals surface area contributed by atoms with Crippen LogP contribution in [0.4, 0.5) is 0 Å². The van der Waals surface area contributed by atoms with E-state index in [1.165, 1.54) is 31.5 Å². The molecule has 0 spiro atoms. The molecular weight excluding hydrogens is 198 g/mol. The summed E-state index contributed by atoms with van der Waals surface area (Å²) in [4.78, 5) is 0. The summed E-state index contributed by atoms with van der Waals surface area (Å²) in [6.45, 7) is 7.74. The standard InChI is InChI=1S/C13H23N3/c1-11(2)13-6-9-16(15-13)8-3-7-14-10-12-4-5-12/h6,9,11-12,14H,3-5,7-8,10H2,1-2H3. The number of aromatic nitrogens is 2. The molecule has 1 aliphatic rings. The molecule has 0 aromatic carbocycles. The highest BCUT2D eigenvalue weighted by Crippen LogP contribution is 2.27. The topological polar surface area (TPSA) is 29.9 Å². The van der Waals surface area contributed by atoms with Crippen molar-refractivity contribution < 1.29 is 0 Å². The van der Waals surface area contributed by atoms with Gasteiger partial charge in [0, 0.05) is 12.7 Å². The lowest BCUT2D eigenvalue weighted by Gasteiger charge is -2.04. The Morgan fingerprint density at radius 2 is 2.31 bits per heavy atom. The molecule has 3 heteroatoms. The summed E-state index contributed by atoms with van der Waals surface area (Å²) in [6, 6.07) is 2.13. The second-order valence-corrected chi connectivity index (χ2v) is 5.16. The molecule has 1 aliphatic carbocycles. The van der Waals surface area contributed by atoms with Crippen LogP contribution in [0.25, 0.3) is 0 Å². The van der Waals surface area contributed by atoms with Gasteiger partial charge in [-0.3, -0.25) is 4.68 Å². The fourth-order valence-electron chi connectivity index (χ4n) is 1.80. The Morgan fingerprint density at radius 3 is 2.94 bits per heavy atom. The number of nitrogens with zero attached hydrogens (tertiary/aromatic N) is 2. The first-order valence-corrected chi connectivity index (χ1v) is 6.50. The van der Waals surface area contributed by atoms with E-state index in [1.54, 1.807) is 0 Å². The molecule has 0 amide bonds. The van der Waals surface area contributed by atoms with Crippen molar-refractivity contribution in [2.75, 3.05) is 13.1 Å². The molecule has 1 heterocycles. The normalized spacial score (nSPS) is 15.9. The van der Waals surface area contributed by atoms with E-state index >= 15 is 0 Å². The van der Waals surface area contributed by atoms with Crippen molar-refractivity contribution in [3.63, 3.8) is 0 Å². The molecule has 0 atom stereocenters. The van der Waals surface area contributed by atoms with Gasteiger partial charge in [-0.05, 0) is 50.3 Å². The largest absolute Gasteiger partial charge is 0.316 e. The van der Waals surface area contributed by atoms with Crippen molar-refractivity contribution in [3.05, 3.63) is 18.0 Å². The van der Waals surface area contributed by atoms with Crippen LogP contribution >= 0.6 is 0 Å². The van der Waals surface area contributed by atoms with E-state index in [2.05, 4.69) is 41.2 Å². The lowest BCUT2D eigenvalue weighted by atomic mass is 10.1. The van der Waals surface area contributed by atoms with E-state index in [-0.39, 0.29) is 0 Å². The molecule has 0 bridgehead atoms. The molecule has 1 aromatic heterocycles. The predicted octanol–water partition coefficient (Wildman–Crippen LogP) is 2.40. The van der Waals surface area contributed by atoms with Crippen LogP contribution in [0.15, 0.2) is 12.3 Å².